The molecule has 5 heteroatoms. The number of benzene rings is 1. The number of esters is 1. The van der Waals surface area contributed by atoms with E-state index < -0.39 is 0 Å². The summed E-state index contributed by atoms with van der Waals surface area (Å²) in [5, 5.41) is 0.625. The van der Waals surface area contributed by atoms with E-state index in [1.54, 1.807) is 26.0 Å². The van der Waals surface area contributed by atoms with Crippen LogP contribution in [0.5, 0.6) is 5.75 Å². The van der Waals surface area contributed by atoms with Gasteiger partial charge in [0.05, 0.1) is 6.10 Å². The molecular weight excluding hydrogens is 278 g/mol. The van der Waals surface area contributed by atoms with Crippen LogP contribution >= 0.6 is 11.6 Å². The topological polar surface area (TPSA) is 61.5 Å². The fourth-order valence-corrected chi connectivity index (χ4v) is 1.90. The first-order chi connectivity index (χ1) is 9.42. The van der Waals surface area contributed by atoms with Crippen LogP contribution in [0.1, 0.15) is 32.8 Å². The molecule has 0 aliphatic heterocycles. The van der Waals surface area contributed by atoms with E-state index in [4.69, 9.17) is 26.8 Å². The van der Waals surface area contributed by atoms with E-state index in [0.29, 0.717) is 17.2 Å². The number of rotatable bonds is 7. The second-order valence-electron chi connectivity index (χ2n) is 4.95. The molecule has 0 aliphatic rings. The number of hydrogen-bond donors (Lipinski definition) is 1. The van der Waals surface area contributed by atoms with Crippen molar-refractivity contribution in [1.82, 2.24) is 0 Å². The van der Waals surface area contributed by atoms with Crippen LogP contribution in [0.3, 0.4) is 0 Å². The molecule has 1 aromatic rings. The lowest BCUT2D eigenvalue weighted by atomic mass is 10.0. The lowest BCUT2D eigenvalue weighted by molar-refractivity contribution is -0.149. The quantitative estimate of drug-likeness (QED) is 0.786. The summed E-state index contributed by atoms with van der Waals surface area (Å²) in [6, 6.07) is 5.34. The second kappa shape index (κ2) is 8.12. The number of hydrogen-bond acceptors (Lipinski definition) is 4. The first kappa shape index (κ1) is 16.8. The molecule has 0 aromatic heterocycles. The fraction of sp³-hybridized carbons (Fsp3) is 0.533. The van der Waals surface area contributed by atoms with Gasteiger partial charge in [0.15, 0.2) is 6.61 Å². The van der Waals surface area contributed by atoms with Gasteiger partial charge in [0, 0.05) is 11.1 Å². The largest absolute Gasteiger partial charge is 0.482 e. The maximum absolute atomic E-state index is 11.5. The predicted octanol–water partition coefficient (Wildman–Crippen LogP) is 2.95. The molecule has 2 N–H and O–H groups in total. The molecule has 0 fully saturated rings. The van der Waals surface area contributed by atoms with E-state index in [0.717, 1.165) is 12.0 Å². The van der Waals surface area contributed by atoms with Crippen molar-refractivity contribution in [3.05, 3.63) is 28.8 Å². The summed E-state index contributed by atoms with van der Waals surface area (Å²) in [6.45, 7) is 5.50. The van der Waals surface area contributed by atoms with Gasteiger partial charge >= 0.3 is 5.97 Å². The summed E-state index contributed by atoms with van der Waals surface area (Å²) in [5.41, 5.74) is 6.86. The zero-order valence-corrected chi connectivity index (χ0v) is 12.9. The Morgan fingerprint density at radius 1 is 1.40 bits per heavy atom. The highest BCUT2D eigenvalue weighted by atomic mass is 35.5. The zero-order chi connectivity index (χ0) is 15.1. The van der Waals surface area contributed by atoms with Gasteiger partial charge < -0.3 is 15.2 Å². The molecule has 1 unspecified atom stereocenters. The average molecular weight is 300 g/mol. The van der Waals surface area contributed by atoms with Gasteiger partial charge in [-0.05, 0) is 50.5 Å². The lowest BCUT2D eigenvalue weighted by Gasteiger charge is -2.15. The van der Waals surface area contributed by atoms with Crippen molar-refractivity contribution < 1.29 is 14.3 Å². The lowest BCUT2D eigenvalue weighted by Crippen LogP contribution is -2.23. The second-order valence-corrected chi connectivity index (χ2v) is 5.39. The summed E-state index contributed by atoms with van der Waals surface area (Å²) in [6.07, 6.45) is 1.37. The van der Waals surface area contributed by atoms with E-state index in [2.05, 4.69) is 0 Å². The predicted molar refractivity (Wildman–Crippen MR) is 80.1 cm³/mol. The molecule has 0 saturated heterocycles. The van der Waals surface area contributed by atoms with Crippen molar-refractivity contribution in [3.63, 3.8) is 0 Å². The molecule has 1 aromatic carbocycles. The van der Waals surface area contributed by atoms with Crippen LogP contribution in [-0.2, 0) is 16.0 Å². The van der Waals surface area contributed by atoms with Crippen molar-refractivity contribution in [1.29, 1.82) is 0 Å². The summed E-state index contributed by atoms with van der Waals surface area (Å²) in [5.74, 6) is 0.236. The highest BCUT2D eigenvalue weighted by Crippen LogP contribution is 2.24. The molecular formula is C15H22ClNO3. The minimum Gasteiger partial charge on any atom is -0.482 e. The fourth-order valence-electron chi connectivity index (χ4n) is 1.71. The number of ether oxygens (including phenoxy) is 2. The maximum Gasteiger partial charge on any atom is 0.344 e. The Bertz CT molecular complexity index is 449. The molecule has 20 heavy (non-hydrogen) atoms. The maximum atomic E-state index is 11.5. The molecule has 1 atom stereocenters. The Balaban J connectivity index is 2.71. The third kappa shape index (κ3) is 5.80. The standard InChI is InChI=1S/C15H22ClNO3/c1-4-13(17)8-11-7-12(16)5-6-14(11)19-9-15(18)20-10(2)3/h5-7,10,13H,4,8-9,17H2,1-3H3. The van der Waals surface area contributed by atoms with E-state index >= 15 is 0 Å². The highest BCUT2D eigenvalue weighted by Gasteiger charge is 2.12. The number of nitrogens with two attached hydrogens (primary N) is 1. The monoisotopic (exact) mass is 299 g/mol. The Labute approximate surface area is 125 Å². The smallest absolute Gasteiger partial charge is 0.344 e. The van der Waals surface area contributed by atoms with Gasteiger partial charge in [0.2, 0.25) is 0 Å². The van der Waals surface area contributed by atoms with Gasteiger partial charge in [-0.2, -0.15) is 0 Å². The normalized spacial score (nSPS) is 12.3. The summed E-state index contributed by atoms with van der Waals surface area (Å²) in [7, 11) is 0. The van der Waals surface area contributed by atoms with Gasteiger partial charge in [-0.25, -0.2) is 4.79 Å². The van der Waals surface area contributed by atoms with Crippen LogP contribution in [0.2, 0.25) is 5.02 Å². The van der Waals surface area contributed by atoms with Gasteiger partial charge in [0.25, 0.3) is 0 Å². The molecule has 1 rings (SSSR count). The third-order valence-electron chi connectivity index (χ3n) is 2.74. The van der Waals surface area contributed by atoms with Crippen LogP contribution in [0.4, 0.5) is 0 Å². The Morgan fingerprint density at radius 2 is 2.10 bits per heavy atom. The first-order valence-electron chi connectivity index (χ1n) is 6.78. The molecule has 0 saturated carbocycles. The minimum absolute atomic E-state index is 0.0402. The number of carbonyl (C=O) groups is 1. The first-order valence-corrected chi connectivity index (χ1v) is 7.16. The molecule has 0 aliphatic carbocycles. The van der Waals surface area contributed by atoms with E-state index in [9.17, 15) is 4.79 Å². The van der Waals surface area contributed by atoms with Crippen LogP contribution in [0.25, 0.3) is 0 Å². The van der Waals surface area contributed by atoms with Crippen molar-refractivity contribution in [2.45, 2.75) is 45.8 Å². The number of halogens is 1. The van der Waals surface area contributed by atoms with E-state index in [-0.39, 0.29) is 24.7 Å². The Kier molecular flexibility index (Phi) is 6.82. The summed E-state index contributed by atoms with van der Waals surface area (Å²) < 4.78 is 10.5. The molecule has 0 spiro atoms. The van der Waals surface area contributed by atoms with Crippen LogP contribution in [-0.4, -0.2) is 24.7 Å². The average Bonchev–Trinajstić information content (AvgIpc) is 2.36. The molecule has 4 nitrogen and oxygen atoms in total. The Morgan fingerprint density at radius 3 is 2.70 bits per heavy atom. The van der Waals surface area contributed by atoms with E-state index in [1.165, 1.54) is 0 Å². The molecule has 0 heterocycles. The zero-order valence-electron chi connectivity index (χ0n) is 12.2. The van der Waals surface area contributed by atoms with Gasteiger partial charge in [-0.15, -0.1) is 0 Å². The molecule has 112 valence electrons. The third-order valence-corrected chi connectivity index (χ3v) is 2.98. The molecule has 0 radical (unpaired) electrons. The minimum atomic E-state index is -0.388. The van der Waals surface area contributed by atoms with Crippen molar-refractivity contribution in [3.8, 4) is 5.75 Å². The van der Waals surface area contributed by atoms with Crippen molar-refractivity contribution in [2.75, 3.05) is 6.61 Å². The molecule has 0 bridgehead atoms. The van der Waals surface area contributed by atoms with Gasteiger partial charge in [-0.3, -0.25) is 0 Å². The number of carbonyl (C=O) groups excluding carboxylic acids is 1. The van der Waals surface area contributed by atoms with Crippen molar-refractivity contribution in [2.24, 2.45) is 5.73 Å². The van der Waals surface area contributed by atoms with Crippen LogP contribution in [0.15, 0.2) is 18.2 Å². The van der Waals surface area contributed by atoms with Crippen molar-refractivity contribution >= 4 is 17.6 Å². The highest BCUT2D eigenvalue weighted by molar-refractivity contribution is 6.30. The van der Waals surface area contributed by atoms with Crippen LogP contribution in [0, 0.1) is 0 Å². The summed E-state index contributed by atoms with van der Waals surface area (Å²) >= 11 is 5.99. The van der Waals surface area contributed by atoms with E-state index in [1.807, 2.05) is 13.0 Å². The molecule has 0 amide bonds. The SMILES string of the molecule is CCC(N)Cc1cc(Cl)ccc1OCC(=O)OC(C)C. The van der Waals surface area contributed by atoms with Gasteiger partial charge in [-0.1, -0.05) is 18.5 Å². The van der Waals surface area contributed by atoms with Gasteiger partial charge in [0.1, 0.15) is 5.75 Å². The summed E-state index contributed by atoms with van der Waals surface area (Å²) in [4.78, 5) is 11.5. The Hall–Kier alpha value is -1.26. The van der Waals surface area contributed by atoms with Crippen LogP contribution < -0.4 is 10.5 Å².